The molecule has 40 heavy (non-hydrogen) atoms. The van der Waals surface area contributed by atoms with Gasteiger partial charge in [-0.15, -0.1) is 24.9 Å². The zero-order valence-corrected chi connectivity index (χ0v) is 25.7. The van der Waals surface area contributed by atoms with E-state index in [-0.39, 0.29) is 6.61 Å². The van der Waals surface area contributed by atoms with E-state index in [1.807, 2.05) is 25.1 Å². The quantitative estimate of drug-likeness (QED) is 0.134. The van der Waals surface area contributed by atoms with Gasteiger partial charge >= 0.3 is 0 Å². The van der Waals surface area contributed by atoms with Crippen LogP contribution in [-0.4, -0.2) is 54.5 Å². The molecule has 1 fully saturated rings. The first-order chi connectivity index (χ1) is 19.1. The molecule has 1 aliphatic heterocycles. The molecule has 1 aromatic carbocycles. The summed E-state index contributed by atoms with van der Waals surface area (Å²) >= 11 is 1.66. The van der Waals surface area contributed by atoms with Gasteiger partial charge in [0.2, 0.25) is 0 Å². The zero-order valence-electron chi connectivity index (χ0n) is 24.9. The van der Waals surface area contributed by atoms with Crippen molar-refractivity contribution in [1.29, 1.82) is 0 Å². The van der Waals surface area contributed by atoms with Gasteiger partial charge in [-0.25, -0.2) is 9.37 Å². The van der Waals surface area contributed by atoms with Gasteiger partial charge in [0.15, 0.2) is 11.5 Å². The van der Waals surface area contributed by atoms with Crippen LogP contribution < -0.4 is 5.73 Å². The van der Waals surface area contributed by atoms with Crippen molar-refractivity contribution in [3.05, 3.63) is 60.0 Å². The lowest BCUT2D eigenvalue weighted by Crippen LogP contribution is -2.28. The summed E-state index contributed by atoms with van der Waals surface area (Å²) in [7, 11) is 0. The van der Waals surface area contributed by atoms with Crippen molar-refractivity contribution in [2.24, 2.45) is 16.6 Å². The number of fused-ring (bicyclic) bond motifs is 1. The number of aromatic nitrogens is 1. The van der Waals surface area contributed by atoms with Crippen LogP contribution in [0.4, 0.5) is 4.39 Å². The molecule has 8 heteroatoms. The molecule has 0 bridgehead atoms. The highest BCUT2D eigenvalue weighted by Gasteiger charge is 2.20. The van der Waals surface area contributed by atoms with Gasteiger partial charge in [-0.2, -0.15) is 0 Å². The van der Waals surface area contributed by atoms with Crippen molar-refractivity contribution in [2.45, 2.75) is 77.8 Å². The minimum absolute atomic E-state index is 0.137. The summed E-state index contributed by atoms with van der Waals surface area (Å²) in [6.07, 6.45) is 10.4. The molecule has 4 rings (SSSR count). The van der Waals surface area contributed by atoms with Crippen LogP contribution in [0.5, 0.6) is 0 Å². The van der Waals surface area contributed by atoms with Gasteiger partial charge in [-0.3, -0.25) is 4.99 Å². The van der Waals surface area contributed by atoms with Gasteiger partial charge in [-0.1, -0.05) is 38.7 Å². The predicted octanol–water partition coefficient (Wildman–Crippen LogP) is 8.29. The molecule has 0 unspecified atom stereocenters. The molecule has 1 aromatic heterocycles. The molecule has 2 aliphatic rings. The summed E-state index contributed by atoms with van der Waals surface area (Å²) in [5.41, 5.74) is 8.43. The molecule has 6 nitrogen and oxygen atoms in total. The second kappa shape index (κ2) is 17.4. The third-order valence-electron chi connectivity index (χ3n) is 7.04. The Morgan fingerprint density at radius 3 is 2.58 bits per heavy atom. The Hall–Kier alpha value is -2.42. The van der Waals surface area contributed by atoms with Crippen LogP contribution in [0, 0.1) is 12.8 Å². The van der Waals surface area contributed by atoms with E-state index in [1.54, 1.807) is 25.6 Å². The molecular weight excluding hydrogens is 523 g/mol. The maximum Gasteiger partial charge on any atom is 0.192 e. The molecule has 0 saturated heterocycles. The first-order valence-electron chi connectivity index (χ1n) is 14.3. The first kappa shape index (κ1) is 33.8. The van der Waals surface area contributed by atoms with E-state index in [1.165, 1.54) is 50.0 Å². The highest BCUT2D eigenvalue weighted by Crippen LogP contribution is 2.31. The molecule has 2 N–H and O–H groups in total. The highest BCUT2D eigenvalue weighted by atomic mass is 32.2. The number of oxazole rings is 1. The number of rotatable bonds is 10. The summed E-state index contributed by atoms with van der Waals surface area (Å²) in [4.78, 5) is 12.3. The minimum atomic E-state index is -1.27. The molecule has 2 heterocycles. The van der Waals surface area contributed by atoms with Crippen molar-refractivity contribution in [3.8, 4) is 0 Å². The molecule has 1 aliphatic carbocycles. The summed E-state index contributed by atoms with van der Waals surface area (Å²) < 4.78 is 24.3. The SMILES string of the molecule is C=C.C=C(N)c1ccc2oc(C)nc2c1.C=NC1=C(SCOCC(C)(C)F)CCN(CCC2CCCCC2)CC1. The monoisotopic (exact) mass is 572 g/mol. The number of aliphatic imine (C=N–C) groups is 1. The van der Waals surface area contributed by atoms with Crippen LogP contribution in [0.3, 0.4) is 0 Å². The average molecular weight is 573 g/mol. The molecule has 1 saturated carbocycles. The smallest absolute Gasteiger partial charge is 0.192 e. The van der Waals surface area contributed by atoms with Crippen molar-refractivity contribution in [1.82, 2.24) is 9.88 Å². The number of hydrogen-bond donors (Lipinski definition) is 1. The third-order valence-corrected chi connectivity index (χ3v) is 8.11. The van der Waals surface area contributed by atoms with Crippen LogP contribution in [0.25, 0.3) is 16.8 Å². The van der Waals surface area contributed by atoms with Gasteiger partial charge in [0.25, 0.3) is 0 Å². The normalized spacial score (nSPS) is 16.9. The van der Waals surface area contributed by atoms with Crippen LogP contribution in [0.2, 0.25) is 0 Å². The lowest BCUT2D eigenvalue weighted by molar-refractivity contribution is 0.0610. The number of ether oxygens (including phenoxy) is 1. The lowest BCUT2D eigenvalue weighted by Gasteiger charge is -2.26. The van der Waals surface area contributed by atoms with E-state index < -0.39 is 5.67 Å². The third kappa shape index (κ3) is 12.0. The predicted molar refractivity (Wildman–Crippen MR) is 170 cm³/mol. The van der Waals surface area contributed by atoms with Gasteiger partial charge < -0.3 is 19.8 Å². The van der Waals surface area contributed by atoms with Crippen molar-refractivity contribution < 1.29 is 13.5 Å². The minimum Gasteiger partial charge on any atom is -0.441 e. The molecule has 0 spiro atoms. The van der Waals surface area contributed by atoms with Gasteiger partial charge in [0.1, 0.15) is 11.2 Å². The fraction of sp³-hybridized carbons (Fsp3) is 0.562. The van der Waals surface area contributed by atoms with Crippen LogP contribution in [0.15, 0.2) is 57.9 Å². The number of hydrogen-bond acceptors (Lipinski definition) is 7. The topological polar surface area (TPSA) is 76.9 Å². The van der Waals surface area contributed by atoms with Gasteiger partial charge in [0.05, 0.1) is 18.2 Å². The number of nitrogens with two attached hydrogens (primary N) is 1. The maximum atomic E-state index is 13.5. The second-order valence-corrected chi connectivity index (χ2v) is 11.9. The van der Waals surface area contributed by atoms with E-state index in [0.29, 0.717) is 17.5 Å². The number of alkyl halides is 1. The Morgan fingerprint density at radius 1 is 1.23 bits per heavy atom. The van der Waals surface area contributed by atoms with E-state index in [0.717, 1.165) is 54.2 Å². The van der Waals surface area contributed by atoms with Crippen LogP contribution >= 0.6 is 11.8 Å². The van der Waals surface area contributed by atoms with Crippen molar-refractivity contribution >= 4 is 35.3 Å². The number of thioether (sulfide) groups is 1. The maximum absolute atomic E-state index is 13.5. The van der Waals surface area contributed by atoms with E-state index in [2.05, 4.69) is 41.3 Å². The summed E-state index contributed by atoms with van der Waals surface area (Å²) in [6, 6.07) is 5.59. The Kier molecular flexibility index (Phi) is 14.7. The Balaban J connectivity index is 0.000000311. The fourth-order valence-electron chi connectivity index (χ4n) is 4.95. The molecule has 0 atom stereocenters. The summed E-state index contributed by atoms with van der Waals surface area (Å²) in [5, 5.41) is 0. The Morgan fingerprint density at radius 2 is 1.93 bits per heavy atom. The standard InChI is InChI=1S/C20H35FN2OS.C10H10N2O.C2H4/c1-20(2,21)15-24-16-25-19-11-14-23(13-10-18(19)22-3)12-9-17-7-5-4-6-8-17;1-6(11)8-3-4-10-9(5-8)12-7(2)13-10;1-2/h17H,3-16H2,1-2H3;3-5H,1,11H2,2H3;1-2H2. The molecule has 222 valence electrons. The van der Waals surface area contributed by atoms with Gasteiger partial charge in [0, 0.05) is 37.0 Å². The van der Waals surface area contributed by atoms with Crippen molar-refractivity contribution in [3.63, 3.8) is 0 Å². The number of halogens is 1. The zero-order chi connectivity index (χ0) is 29.5. The van der Waals surface area contributed by atoms with E-state index in [9.17, 15) is 4.39 Å². The summed E-state index contributed by atoms with van der Waals surface area (Å²) in [5.74, 6) is 2.09. The molecule has 0 radical (unpaired) electrons. The first-order valence-corrected chi connectivity index (χ1v) is 15.3. The number of nitrogens with zero attached hydrogens (tertiary/aromatic N) is 3. The fourth-order valence-corrected chi connectivity index (χ4v) is 5.82. The highest BCUT2D eigenvalue weighted by molar-refractivity contribution is 8.02. The molecular formula is C32H49FN4O2S. The Bertz CT molecular complexity index is 1100. The lowest BCUT2D eigenvalue weighted by atomic mass is 9.87. The molecule has 0 amide bonds. The molecule has 2 aromatic rings. The summed E-state index contributed by atoms with van der Waals surface area (Å²) in [6.45, 7) is 21.8. The van der Waals surface area contributed by atoms with Crippen LogP contribution in [-0.2, 0) is 4.74 Å². The Labute approximate surface area is 245 Å². The number of benzene rings is 1. The van der Waals surface area contributed by atoms with E-state index in [4.69, 9.17) is 14.9 Å². The second-order valence-electron chi connectivity index (χ2n) is 10.9. The largest absolute Gasteiger partial charge is 0.441 e. The van der Waals surface area contributed by atoms with Crippen LogP contribution in [0.1, 0.15) is 76.7 Å². The van der Waals surface area contributed by atoms with E-state index >= 15 is 0 Å². The number of aryl methyl sites for hydroxylation is 1. The van der Waals surface area contributed by atoms with Gasteiger partial charge in [-0.05, 0) is 69.6 Å². The van der Waals surface area contributed by atoms with Crippen molar-refractivity contribution in [2.75, 3.05) is 32.2 Å². The average Bonchev–Trinajstić information content (AvgIpc) is 3.20.